The lowest BCUT2D eigenvalue weighted by atomic mass is 10.1. The van der Waals surface area contributed by atoms with Crippen molar-refractivity contribution >= 4 is 17.4 Å². The molecule has 1 saturated carbocycles. The molecule has 1 aromatic carbocycles. The second kappa shape index (κ2) is 4.78. The van der Waals surface area contributed by atoms with Gasteiger partial charge in [-0.15, -0.1) is 0 Å². The zero-order chi connectivity index (χ0) is 13.4. The van der Waals surface area contributed by atoms with Crippen LogP contribution in [-0.2, 0) is 0 Å². The van der Waals surface area contributed by atoms with Gasteiger partial charge in [0.2, 0.25) is 0 Å². The molecule has 1 aliphatic rings. The molecule has 0 radical (unpaired) electrons. The normalized spacial score (nSPS) is 14.5. The third-order valence-electron chi connectivity index (χ3n) is 3.10. The molecule has 1 heterocycles. The van der Waals surface area contributed by atoms with Crippen molar-refractivity contribution in [1.82, 2.24) is 9.97 Å². The van der Waals surface area contributed by atoms with Crippen LogP contribution < -0.4 is 5.32 Å². The zero-order valence-corrected chi connectivity index (χ0v) is 11.2. The highest BCUT2D eigenvalue weighted by Gasteiger charge is 2.27. The summed E-state index contributed by atoms with van der Waals surface area (Å²) in [6.07, 6.45) is 2.24. The van der Waals surface area contributed by atoms with E-state index in [-0.39, 0.29) is 5.82 Å². The Bertz CT molecular complexity index is 606. The number of nitrogens with one attached hydrogen (secondary N) is 1. The van der Waals surface area contributed by atoms with Crippen LogP contribution in [0.4, 0.5) is 10.2 Å². The molecule has 1 fully saturated rings. The van der Waals surface area contributed by atoms with E-state index < -0.39 is 0 Å². The molecule has 5 heteroatoms. The van der Waals surface area contributed by atoms with Crippen molar-refractivity contribution in [1.29, 1.82) is 0 Å². The Morgan fingerprint density at radius 3 is 2.63 bits per heavy atom. The van der Waals surface area contributed by atoms with Gasteiger partial charge in [-0.1, -0.05) is 11.6 Å². The summed E-state index contributed by atoms with van der Waals surface area (Å²) in [6, 6.07) is 6.23. The van der Waals surface area contributed by atoms with Gasteiger partial charge in [-0.25, -0.2) is 14.4 Å². The zero-order valence-electron chi connectivity index (χ0n) is 10.5. The minimum Gasteiger partial charge on any atom is -0.373 e. The van der Waals surface area contributed by atoms with Crippen molar-refractivity contribution in [2.75, 3.05) is 12.4 Å². The second-order valence-electron chi connectivity index (χ2n) is 4.68. The molecule has 1 aromatic heterocycles. The first-order valence-electron chi connectivity index (χ1n) is 6.19. The van der Waals surface area contributed by atoms with Gasteiger partial charge in [0.05, 0.1) is 5.69 Å². The summed E-state index contributed by atoms with van der Waals surface area (Å²) in [6.45, 7) is 0. The van der Waals surface area contributed by atoms with Gasteiger partial charge in [-0.05, 0) is 31.0 Å². The van der Waals surface area contributed by atoms with Gasteiger partial charge in [0.25, 0.3) is 0 Å². The fraction of sp³-hybridized carbons (Fsp3) is 0.286. The highest BCUT2D eigenvalue weighted by Crippen LogP contribution is 2.39. The van der Waals surface area contributed by atoms with Crippen LogP contribution in [0.25, 0.3) is 11.3 Å². The third-order valence-corrected chi connectivity index (χ3v) is 3.32. The molecular formula is C14H13ClFN3. The van der Waals surface area contributed by atoms with Crippen molar-refractivity contribution in [3.63, 3.8) is 0 Å². The summed E-state index contributed by atoms with van der Waals surface area (Å²) < 4.78 is 13.4. The van der Waals surface area contributed by atoms with E-state index >= 15 is 0 Å². The molecule has 1 N–H and O–H groups in total. The summed E-state index contributed by atoms with van der Waals surface area (Å²) in [5, 5.41) is 3.38. The van der Waals surface area contributed by atoms with Crippen molar-refractivity contribution in [2.24, 2.45) is 0 Å². The maximum Gasteiger partial charge on any atom is 0.134 e. The molecule has 19 heavy (non-hydrogen) atoms. The van der Waals surface area contributed by atoms with E-state index in [0.29, 0.717) is 22.2 Å². The lowest BCUT2D eigenvalue weighted by Crippen LogP contribution is -2.00. The number of hydrogen-bond donors (Lipinski definition) is 1. The number of nitrogens with zero attached hydrogens (tertiary/aromatic N) is 2. The minimum absolute atomic E-state index is 0.361. The van der Waals surface area contributed by atoms with Gasteiger partial charge < -0.3 is 5.32 Å². The van der Waals surface area contributed by atoms with Gasteiger partial charge in [-0.2, -0.15) is 0 Å². The number of aromatic nitrogens is 2. The summed E-state index contributed by atoms with van der Waals surface area (Å²) in [7, 11) is 1.81. The molecule has 0 amide bonds. The maximum absolute atomic E-state index is 13.4. The molecule has 1 aliphatic carbocycles. The monoisotopic (exact) mass is 277 g/mol. The number of rotatable bonds is 3. The van der Waals surface area contributed by atoms with Gasteiger partial charge >= 0.3 is 0 Å². The summed E-state index contributed by atoms with van der Waals surface area (Å²) in [5.74, 6) is 1.64. The SMILES string of the molecule is CNc1cc(-c2cc(F)cc(Cl)c2)nc(C2CC2)n1. The van der Waals surface area contributed by atoms with Crippen LogP contribution in [0.3, 0.4) is 0 Å². The Morgan fingerprint density at radius 1 is 1.21 bits per heavy atom. The lowest BCUT2D eigenvalue weighted by molar-refractivity contribution is 0.628. The fourth-order valence-electron chi connectivity index (χ4n) is 1.97. The van der Waals surface area contributed by atoms with Crippen LogP contribution in [0.1, 0.15) is 24.6 Å². The molecular weight excluding hydrogens is 265 g/mol. The first-order chi connectivity index (χ1) is 9.15. The van der Waals surface area contributed by atoms with Crippen LogP contribution in [-0.4, -0.2) is 17.0 Å². The van der Waals surface area contributed by atoms with Crippen LogP contribution >= 0.6 is 11.6 Å². The van der Waals surface area contributed by atoms with Crippen LogP contribution in [0.2, 0.25) is 5.02 Å². The molecule has 0 saturated heterocycles. The van der Waals surface area contributed by atoms with Gasteiger partial charge in [0.15, 0.2) is 0 Å². The average molecular weight is 278 g/mol. The Balaban J connectivity index is 2.09. The number of anilines is 1. The number of benzene rings is 1. The lowest BCUT2D eigenvalue weighted by Gasteiger charge is -2.08. The van der Waals surface area contributed by atoms with E-state index in [1.807, 2.05) is 0 Å². The Morgan fingerprint density at radius 2 is 2.00 bits per heavy atom. The molecule has 2 aromatic rings. The molecule has 0 bridgehead atoms. The molecule has 3 rings (SSSR count). The molecule has 0 unspecified atom stereocenters. The van der Waals surface area contributed by atoms with E-state index in [0.717, 1.165) is 24.5 Å². The van der Waals surface area contributed by atoms with Crippen molar-refractivity contribution < 1.29 is 4.39 Å². The summed E-state index contributed by atoms with van der Waals surface area (Å²) in [5.41, 5.74) is 1.37. The Hall–Kier alpha value is -1.68. The topological polar surface area (TPSA) is 37.8 Å². The molecule has 0 spiro atoms. The highest BCUT2D eigenvalue weighted by atomic mass is 35.5. The first kappa shape index (κ1) is 12.4. The van der Waals surface area contributed by atoms with E-state index in [9.17, 15) is 4.39 Å². The van der Waals surface area contributed by atoms with E-state index in [1.54, 1.807) is 19.2 Å². The highest BCUT2D eigenvalue weighted by molar-refractivity contribution is 6.30. The number of hydrogen-bond acceptors (Lipinski definition) is 3. The second-order valence-corrected chi connectivity index (χ2v) is 5.12. The van der Waals surface area contributed by atoms with Gasteiger partial charge in [0.1, 0.15) is 17.5 Å². The van der Waals surface area contributed by atoms with Crippen LogP contribution in [0.15, 0.2) is 24.3 Å². The predicted molar refractivity (Wildman–Crippen MR) is 74.0 cm³/mol. The predicted octanol–water partition coefficient (Wildman–Crippen LogP) is 3.86. The molecule has 0 atom stereocenters. The van der Waals surface area contributed by atoms with E-state index in [1.165, 1.54) is 12.1 Å². The van der Waals surface area contributed by atoms with E-state index in [2.05, 4.69) is 15.3 Å². The van der Waals surface area contributed by atoms with Gasteiger partial charge in [-0.3, -0.25) is 0 Å². The Kier molecular flexibility index (Phi) is 3.11. The molecule has 3 nitrogen and oxygen atoms in total. The van der Waals surface area contributed by atoms with Crippen molar-refractivity contribution in [2.45, 2.75) is 18.8 Å². The van der Waals surface area contributed by atoms with Crippen molar-refractivity contribution in [3.05, 3.63) is 40.9 Å². The number of halogens is 2. The standard InChI is InChI=1S/C14H13ClFN3/c1-17-13-7-12(18-14(19-13)8-2-3-8)9-4-10(15)6-11(16)5-9/h4-8H,2-3H2,1H3,(H,17,18,19). The summed E-state index contributed by atoms with van der Waals surface area (Å²) >= 11 is 5.89. The first-order valence-corrected chi connectivity index (χ1v) is 6.56. The molecule has 0 aliphatic heterocycles. The average Bonchev–Trinajstić information content (AvgIpc) is 3.21. The summed E-state index contributed by atoms with van der Waals surface area (Å²) in [4.78, 5) is 8.95. The maximum atomic E-state index is 13.4. The minimum atomic E-state index is -0.361. The molecule has 98 valence electrons. The van der Waals surface area contributed by atoms with Crippen molar-refractivity contribution in [3.8, 4) is 11.3 Å². The van der Waals surface area contributed by atoms with E-state index in [4.69, 9.17) is 11.6 Å². The smallest absolute Gasteiger partial charge is 0.134 e. The van der Waals surface area contributed by atoms with Gasteiger partial charge in [0, 0.05) is 29.6 Å². The van der Waals surface area contributed by atoms with Crippen LogP contribution in [0, 0.1) is 5.82 Å². The van der Waals surface area contributed by atoms with Crippen LogP contribution in [0.5, 0.6) is 0 Å². The Labute approximate surface area is 115 Å². The largest absolute Gasteiger partial charge is 0.373 e. The quantitative estimate of drug-likeness (QED) is 0.926. The third kappa shape index (κ3) is 2.68. The fourth-order valence-corrected chi connectivity index (χ4v) is 2.19.